The average Bonchev–Trinajstić information content (AvgIpc) is 3.37. The molecule has 1 N–H and O–H groups in total. The number of benzene rings is 1. The van der Waals surface area contributed by atoms with E-state index in [4.69, 9.17) is 0 Å². The van der Waals surface area contributed by atoms with Gasteiger partial charge in [-0.05, 0) is 53.8 Å². The van der Waals surface area contributed by atoms with E-state index in [1.807, 2.05) is 19.1 Å². The number of amides is 1. The van der Waals surface area contributed by atoms with E-state index in [0.29, 0.717) is 36.2 Å². The first-order valence-corrected chi connectivity index (χ1v) is 11.1. The molecule has 0 saturated heterocycles. The molecule has 1 aliphatic heterocycles. The summed E-state index contributed by atoms with van der Waals surface area (Å²) in [7, 11) is 0. The van der Waals surface area contributed by atoms with Gasteiger partial charge >= 0.3 is 0 Å². The molecule has 3 aromatic heterocycles. The van der Waals surface area contributed by atoms with Crippen molar-refractivity contribution in [2.24, 2.45) is 0 Å². The molecular formula is C25H19FN4OS. The number of hydrogen-bond donors (Lipinski definition) is 1. The van der Waals surface area contributed by atoms with E-state index in [0.717, 1.165) is 33.0 Å². The predicted molar refractivity (Wildman–Crippen MR) is 122 cm³/mol. The number of hydrogen-bond acceptors (Lipinski definition) is 4. The van der Waals surface area contributed by atoms with Crippen molar-refractivity contribution in [3.05, 3.63) is 87.9 Å². The maximum atomic E-state index is 13.8. The van der Waals surface area contributed by atoms with E-state index in [2.05, 4.69) is 32.4 Å². The first kappa shape index (κ1) is 20.2. The third kappa shape index (κ3) is 3.39. The molecule has 0 unspecified atom stereocenters. The molecule has 7 heteroatoms. The number of fused-ring (bicyclic) bond motifs is 1. The van der Waals surface area contributed by atoms with Crippen molar-refractivity contribution >= 4 is 17.2 Å². The summed E-state index contributed by atoms with van der Waals surface area (Å²) in [5.41, 5.74) is 6.47. The molecule has 1 aliphatic rings. The van der Waals surface area contributed by atoms with E-state index in [1.54, 1.807) is 29.8 Å². The van der Waals surface area contributed by atoms with Crippen LogP contribution in [0.2, 0.25) is 0 Å². The zero-order valence-corrected chi connectivity index (χ0v) is 18.2. The fraction of sp³-hybridized carbons (Fsp3) is 0.160. The molecule has 0 bridgehead atoms. The van der Waals surface area contributed by atoms with Crippen LogP contribution < -0.4 is 5.32 Å². The van der Waals surface area contributed by atoms with Gasteiger partial charge in [0, 0.05) is 53.6 Å². The number of halogens is 1. The standard InChI is InChI=1S/C25H19FN4OS/c1-15-10-21(32-14-15)23-22-20(6-9-29-25(22)31)30(24(23)16-4-7-28-8-5-16)13-17-2-3-19(26)11-18(17)12-27/h2-5,7-8,10-11,14H,6,9,13H2,1H3,(H,29,31). The Labute approximate surface area is 188 Å². The fourth-order valence-electron chi connectivity index (χ4n) is 4.30. The molecular weight excluding hydrogens is 423 g/mol. The van der Waals surface area contributed by atoms with Gasteiger partial charge in [-0.15, -0.1) is 11.3 Å². The summed E-state index contributed by atoms with van der Waals surface area (Å²) in [5, 5.41) is 14.6. The highest BCUT2D eigenvalue weighted by Gasteiger charge is 2.32. The van der Waals surface area contributed by atoms with E-state index in [-0.39, 0.29) is 5.91 Å². The lowest BCUT2D eigenvalue weighted by Crippen LogP contribution is -2.32. The van der Waals surface area contributed by atoms with E-state index in [9.17, 15) is 14.4 Å². The Morgan fingerprint density at radius 2 is 2.03 bits per heavy atom. The Kier molecular flexibility index (Phi) is 5.08. The van der Waals surface area contributed by atoms with E-state index >= 15 is 0 Å². The monoisotopic (exact) mass is 442 g/mol. The molecule has 4 aromatic rings. The first-order valence-electron chi connectivity index (χ1n) is 10.2. The number of carbonyl (C=O) groups is 1. The van der Waals surface area contributed by atoms with Gasteiger partial charge in [0.2, 0.25) is 0 Å². The lowest BCUT2D eigenvalue weighted by molar-refractivity contribution is 0.0946. The van der Waals surface area contributed by atoms with Gasteiger partial charge in [0.15, 0.2) is 0 Å². The van der Waals surface area contributed by atoms with Crippen molar-refractivity contribution in [2.45, 2.75) is 19.9 Å². The van der Waals surface area contributed by atoms with Crippen molar-refractivity contribution in [3.63, 3.8) is 0 Å². The van der Waals surface area contributed by atoms with Gasteiger partial charge in [0.25, 0.3) is 5.91 Å². The zero-order chi connectivity index (χ0) is 22.2. The highest BCUT2D eigenvalue weighted by atomic mass is 32.1. The van der Waals surface area contributed by atoms with Crippen LogP contribution in [0.25, 0.3) is 21.7 Å². The smallest absolute Gasteiger partial charge is 0.253 e. The quantitative estimate of drug-likeness (QED) is 0.487. The lowest BCUT2D eigenvalue weighted by atomic mass is 9.99. The van der Waals surface area contributed by atoms with Crippen LogP contribution in [0.15, 0.2) is 54.2 Å². The average molecular weight is 443 g/mol. The van der Waals surface area contributed by atoms with Crippen LogP contribution in [0.5, 0.6) is 0 Å². The minimum absolute atomic E-state index is 0.0963. The molecule has 0 saturated carbocycles. The summed E-state index contributed by atoms with van der Waals surface area (Å²) in [6.07, 6.45) is 4.13. The minimum atomic E-state index is -0.441. The predicted octanol–water partition coefficient (Wildman–Crippen LogP) is 4.93. The van der Waals surface area contributed by atoms with Crippen LogP contribution in [0.3, 0.4) is 0 Å². The molecule has 4 heterocycles. The largest absolute Gasteiger partial charge is 0.352 e. The Balaban J connectivity index is 1.82. The third-order valence-corrected chi connectivity index (χ3v) is 6.76. The van der Waals surface area contributed by atoms with Crippen LogP contribution in [0.1, 0.15) is 32.7 Å². The molecule has 0 radical (unpaired) electrons. The number of aryl methyl sites for hydroxylation is 1. The Bertz CT molecular complexity index is 1380. The molecule has 0 aliphatic carbocycles. The normalized spacial score (nSPS) is 12.8. The van der Waals surface area contributed by atoms with E-state index < -0.39 is 5.82 Å². The third-order valence-electron chi connectivity index (χ3n) is 5.70. The number of thiophene rings is 1. The Hall–Kier alpha value is -3.76. The molecule has 32 heavy (non-hydrogen) atoms. The number of carbonyl (C=O) groups excluding carboxylic acids is 1. The molecule has 5 nitrogen and oxygen atoms in total. The van der Waals surface area contributed by atoms with Crippen molar-refractivity contribution in [1.82, 2.24) is 14.9 Å². The van der Waals surface area contributed by atoms with E-state index in [1.165, 1.54) is 12.1 Å². The highest BCUT2D eigenvalue weighted by molar-refractivity contribution is 7.13. The molecule has 5 rings (SSSR count). The Morgan fingerprint density at radius 3 is 2.75 bits per heavy atom. The molecule has 0 fully saturated rings. The second-order valence-corrected chi connectivity index (χ2v) is 8.69. The van der Waals surface area contributed by atoms with Crippen molar-refractivity contribution < 1.29 is 9.18 Å². The summed E-state index contributed by atoms with van der Waals surface area (Å²) in [5.74, 6) is -0.538. The summed E-state index contributed by atoms with van der Waals surface area (Å²) < 4.78 is 15.9. The van der Waals surface area contributed by atoms with Crippen LogP contribution in [0.4, 0.5) is 4.39 Å². The number of nitriles is 1. The van der Waals surface area contributed by atoms with Crippen molar-refractivity contribution in [2.75, 3.05) is 6.54 Å². The van der Waals surface area contributed by atoms with Crippen molar-refractivity contribution in [3.8, 4) is 27.8 Å². The Morgan fingerprint density at radius 1 is 1.22 bits per heavy atom. The van der Waals surface area contributed by atoms with Crippen molar-refractivity contribution in [1.29, 1.82) is 5.26 Å². The van der Waals surface area contributed by atoms with Gasteiger partial charge in [-0.25, -0.2) is 4.39 Å². The van der Waals surface area contributed by atoms with Gasteiger partial charge in [-0.3, -0.25) is 9.78 Å². The number of rotatable bonds is 4. The van der Waals surface area contributed by atoms with Gasteiger partial charge in [-0.2, -0.15) is 5.26 Å². The first-order chi connectivity index (χ1) is 15.6. The summed E-state index contributed by atoms with van der Waals surface area (Å²) >= 11 is 1.60. The SMILES string of the molecule is Cc1csc(-c2c3c(n(Cc4ccc(F)cc4C#N)c2-c2ccncc2)CCNC3=O)c1. The maximum Gasteiger partial charge on any atom is 0.253 e. The highest BCUT2D eigenvalue weighted by Crippen LogP contribution is 2.43. The number of pyridine rings is 1. The van der Waals surface area contributed by atoms with Gasteiger partial charge in [-0.1, -0.05) is 6.07 Å². The van der Waals surface area contributed by atoms with Gasteiger partial charge in [0.1, 0.15) is 5.82 Å². The van der Waals surface area contributed by atoms with Crippen LogP contribution in [0, 0.1) is 24.1 Å². The summed E-state index contributed by atoms with van der Waals surface area (Å²) in [4.78, 5) is 18.2. The minimum Gasteiger partial charge on any atom is -0.352 e. The summed E-state index contributed by atoms with van der Waals surface area (Å²) in [6.45, 7) is 2.94. The maximum absolute atomic E-state index is 13.8. The van der Waals surface area contributed by atoms with Crippen LogP contribution >= 0.6 is 11.3 Å². The number of nitrogens with one attached hydrogen (secondary N) is 1. The van der Waals surface area contributed by atoms with Crippen LogP contribution in [-0.4, -0.2) is 22.0 Å². The second-order valence-electron chi connectivity index (χ2n) is 7.77. The molecule has 1 amide bonds. The molecule has 0 spiro atoms. The number of aromatic nitrogens is 2. The lowest BCUT2D eigenvalue weighted by Gasteiger charge is -2.18. The topological polar surface area (TPSA) is 70.7 Å². The summed E-state index contributed by atoms with van der Waals surface area (Å²) in [6, 6.07) is 12.3. The van der Waals surface area contributed by atoms with Crippen LogP contribution in [-0.2, 0) is 13.0 Å². The molecule has 158 valence electrons. The van der Waals surface area contributed by atoms with Gasteiger partial charge < -0.3 is 9.88 Å². The molecule has 0 atom stereocenters. The second kappa shape index (κ2) is 8.06. The zero-order valence-electron chi connectivity index (χ0n) is 17.4. The molecule has 1 aromatic carbocycles. The fourth-order valence-corrected chi connectivity index (χ4v) is 5.25. The van der Waals surface area contributed by atoms with Gasteiger partial charge in [0.05, 0.1) is 22.9 Å². The number of nitrogens with zero attached hydrogens (tertiary/aromatic N) is 3.